The molecule has 1 aromatic rings. The van der Waals surface area contributed by atoms with Crippen LogP contribution >= 0.6 is 0 Å². The topological polar surface area (TPSA) is 47.3 Å². The van der Waals surface area contributed by atoms with Gasteiger partial charge in [-0.3, -0.25) is 4.68 Å². The molecule has 0 spiro atoms. The molecule has 0 saturated carbocycles. The predicted octanol–water partition coefficient (Wildman–Crippen LogP) is 2.30. The highest BCUT2D eigenvalue weighted by atomic mass is 16.5. The number of methoxy groups -OCH3 is 1. The van der Waals surface area contributed by atoms with Crippen molar-refractivity contribution in [3.63, 3.8) is 0 Å². The van der Waals surface area contributed by atoms with E-state index in [1.807, 2.05) is 11.6 Å². The summed E-state index contributed by atoms with van der Waals surface area (Å²) in [6.45, 7) is 2.77. The van der Waals surface area contributed by atoms with Crippen molar-refractivity contribution in [3.05, 3.63) is 24.0 Å². The van der Waals surface area contributed by atoms with E-state index in [4.69, 9.17) is 4.74 Å². The number of aryl methyl sites for hydroxylation is 1. The Bertz CT molecular complexity index is 377. The first-order valence-corrected chi connectivity index (χ1v) is 6.20. The molecule has 2 atom stereocenters. The molecule has 4 heteroatoms. The molecule has 2 rings (SSSR count). The molecule has 4 nitrogen and oxygen atoms in total. The first-order chi connectivity index (χ1) is 8.27. The molecule has 17 heavy (non-hydrogen) atoms. The maximum Gasteiger partial charge on any atom is 0.162 e. The van der Waals surface area contributed by atoms with Crippen LogP contribution in [0.3, 0.4) is 0 Å². The molecule has 1 heterocycles. The average molecular weight is 236 g/mol. The molecule has 1 N–H and O–H groups in total. The van der Waals surface area contributed by atoms with Crippen molar-refractivity contribution in [2.45, 2.75) is 38.8 Å². The van der Waals surface area contributed by atoms with Crippen molar-refractivity contribution < 1.29 is 9.84 Å². The second kappa shape index (κ2) is 5.36. The van der Waals surface area contributed by atoms with E-state index in [-0.39, 0.29) is 5.92 Å². The highest BCUT2D eigenvalue weighted by Crippen LogP contribution is 2.35. The van der Waals surface area contributed by atoms with Crippen molar-refractivity contribution in [3.8, 4) is 5.75 Å². The molecule has 0 saturated heterocycles. The monoisotopic (exact) mass is 236 g/mol. The van der Waals surface area contributed by atoms with Gasteiger partial charge in [-0.1, -0.05) is 12.2 Å². The number of nitrogens with zero attached hydrogens (tertiary/aromatic N) is 2. The fraction of sp³-hybridized carbons (Fsp3) is 0.615. The molecule has 1 aliphatic rings. The largest absolute Gasteiger partial charge is 0.493 e. The maximum absolute atomic E-state index is 10.5. The summed E-state index contributed by atoms with van der Waals surface area (Å²) in [5, 5.41) is 14.7. The van der Waals surface area contributed by atoms with E-state index >= 15 is 0 Å². The number of ether oxygens (including phenoxy) is 1. The molecular formula is C13H20N2O2. The molecule has 0 fully saturated rings. The lowest BCUT2D eigenvalue weighted by Crippen LogP contribution is -2.18. The van der Waals surface area contributed by atoms with Crippen LogP contribution in [0.15, 0.2) is 18.3 Å². The number of aliphatic hydroxyl groups is 1. The maximum atomic E-state index is 10.5. The van der Waals surface area contributed by atoms with Crippen molar-refractivity contribution in [2.75, 3.05) is 7.11 Å². The SMILES string of the molecule is CCn1ncc(OC)c1C(O)C1CC=CCC1. The normalized spacial score (nSPS) is 21.5. The van der Waals surface area contributed by atoms with E-state index in [0.717, 1.165) is 31.5 Å². The third-order valence-electron chi connectivity index (χ3n) is 3.40. The van der Waals surface area contributed by atoms with Gasteiger partial charge < -0.3 is 9.84 Å². The van der Waals surface area contributed by atoms with Gasteiger partial charge in [0, 0.05) is 6.54 Å². The Morgan fingerprint density at radius 1 is 1.59 bits per heavy atom. The zero-order chi connectivity index (χ0) is 12.3. The Kier molecular flexibility index (Phi) is 3.84. The lowest BCUT2D eigenvalue weighted by atomic mass is 9.88. The van der Waals surface area contributed by atoms with E-state index < -0.39 is 6.10 Å². The summed E-state index contributed by atoms with van der Waals surface area (Å²) in [6.07, 6.45) is 8.52. The van der Waals surface area contributed by atoms with Gasteiger partial charge in [0.1, 0.15) is 11.8 Å². The highest BCUT2D eigenvalue weighted by molar-refractivity contribution is 5.28. The summed E-state index contributed by atoms with van der Waals surface area (Å²) in [5.74, 6) is 0.963. The molecule has 94 valence electrons. The van der Waals surface area contributed by atoms with Crippen LogP contribution in [0.1, 0.15) is 38.0 Å². The van der Waals surface area contributed by atoms with E-state index in [1.54, 1.807) is 13.3 Å². The van der Waals surface area contributed by atoms with Gasteiger partial charge in [-0.25, -0.2) is 0 Å². The number of hydrogen-bond donors (Lipinski definition) is 1. The molecule has 0 aliphatic heterocycles. The minimum absolute atomic E-state index is 0.274. The van der Waals surface area contributed by atoms with E-state index in [0.29, 0.717) is 5.75 Å². The van der Waals surface area contributed by atoms with Gasteiger partial charge in [-0.15, -0.1) is 0 Å². The second-order valence-corrected chi connectivity index (χ2v) is 4.40. The van der Waals surface area contributed by atoms with Crippen LogP contribution in [0, 0.1) is 5.92 Å². The smallest absolute Gasteiger partial charge is 0.162 e. The van der Waals surface area contributed by atoms with Gasteiger partial charge in [-0.2, -0.15) is 5.10 Å². The van der Waals surface area contributed by atoms with Crippen LogP contribution in [-0.2, 0) is 6.54 Å². The molecule has 1 aliphatic carbocycles. The molecule has 1 aromatic heterocycles. The fourth-order valence-electron chi connectivity index (χ4n) is 2.41. The predicted molar refractivity (Wildman–Crippen MR) is 65.9 cm³/mol. The van der Waals surface area contributed by atoms with Crippen LogP contribution in [-0.4, -0.2) is 22.0 Å². The summed E-state index contributed by atoms with van der Waals surface area (Å²) in [7, 11) is 1.62. The van der Waals surface area contributed by atoms with Gasteiger partial charge in [0.25, 0.3) is 0 Å². The standard InChI is InChI=1S/C13H20N2O2/c1-3-15-12(11(17-2)9-14-15)13(16)10-7-5-4-6-8-10/h4-5,9-10,13,16H,3,6-8H2,1-2H3. The van der Waals surface area contributed by atoms with Crippen molar-refractivity contribution in [1.29, 1.82) is 0 Å². The lowest BCUT2D eigenvalue weighted by molar-refractivity contribution is 0.0908. The molecular weight excluding hydrogens is 216 g/mol. The van der Waals surface area contributed by atoms with Crippen LogP contribution in [0.25, 0.3) is 0 Å². The van der Waals surface area contributed by atoms with Gasteiger partial charge in [0.05, 0.1) is 13.3 Å². The number of hydrogen-bond acceptors (Lipinski definition) is 3. The van der Waals surface area contributed by atoms with Gasteiger partial charge >= 0.3 is 0 Å². The molecule has 0 radical (unpaired) electrons. The summed E-state index contributed by atoms with van der Waals surface area (Å²) in [5.41, 5.74) is 0.815. The summed E-state index contributed by atoms with van der Waals surface area (Å²) >= 11 is 0. The fourth-order valence-corrected chi connectivity index (χ4v) is 2.41. The Balaban J connectivity index is 2.24. The lowest BCUT2D eigenvalue weighted by Gasteiger charge is -2.24. The zero-order valence-corrected chi connectivity index (χ0v) is 10.5. The Morgan fingerprint density at radius 2 is 2.41 bits per heavy atom. The van der Waals surface area contributed by atoms with Gasteiger partial charge in [0.15, 0.2) is 5.75 Å². The zero-order valence-electron chi connectivity index (χ0n) is 10.5. The first-order valence-electron chi connectivity index (χ1n) is 6.20. The minimum Gasteiger partial charge on any atom is -0.493 e. The minimum atomic E-state index is -0.489. The molecule has 0 aromatic carbocycles. The molecule has 0 bridgehead atoms. The van der Waals surface area contributed by atoms with Crippen LogP contribution < -0.4 is 4.74 Å². The Hall–Kier alpha value is -1.29. The Morgan fingerprint density at radius 3 is 3.00 bits per heavy atom. The van der Waals surface area contributed by atoms with Crippen molar-refractivity contribution in [2.24, 2.45) is 5.92 Å². The van der Waals surface area contributed by atoms with Crippen LogP contribution in [0.2, 0.25) is 0 Å². The highest BCUT2D eigenvalue weighted by Gasteiger charge is 2.27. The first kappa shape index (κ1) is 12.2. The van der Waals surface area contributed by atoms with E-state index in [9.17, 15) is 5.11 Å². The van der Waals surface area contributed by atoms with E-state index in [1.165, 1.54) is 0 Å². The molecule has 2 unspecified atom stereocenters. The van der Waals surface area contributed by atoms with Crippen LogP contribution in [0.5, 0.6) is 5.75 Å². The van der Waals surface area contributed by atoms with Gasteiger partial charge in [0.2, 0.25) is 0 Å². The third kappa shape index (κ3) is 2.36. The third-order valence-corrected chi connectivity index (χ3v) is 3.40. The average Bonchev–Trinajstić information content (AvgIpc) is 2.81. The summed E-state index contributed by atoms with van der Waals surface area (Å²) in [6, 6.07) is 0. The quantitative estimate of drug-likeness (QED) is 0.816. The van der Waals surface area contributed by atoms with Gasteiger partial charge in [-0.05, 0) is 32.1 Å². The number of rotatable bonds is 4. The number of aliphatic hydroxyl groups excluding tert-OH is 1. The summed E-state index contributed by atoms with van der Waals surface area (Å²) < 4.78 is 7.10. The number of allylic oxidation sites excluding steroid dienone is 2. The van der Waals surface area contributed by atoms with E-state index in [2.05, 4.69) is 17.3 Å². The molecule has 0 amide bonds. The second-order valence-electron chi connectivity index (χ2n) is 4.40. The van der Waals surface area contributed by atoms with Crippen molar-refractivity contribution >= 4 is 0 Å². The number of aromatic nitrogens is 2. The Labute approximate surface area is 102 Å². The van der Waals surface area contributed by atoms with Crippen molar-refractivity contribution in [1.82, 2.24) is 9.78 Å². The van der Waals surface area contributed by atoms with Crippen LogP contribution in [0.4, 0.5) is 0 Å². The summed E-state index contributed by atoms with van der Waals surface area (Å²) in [4.78, 5) is 0.